The maximum absolute atomic E-state index is 12.8. The van der Waals surface area contributed by atoms with Crippen molar-refractivity contribution in [2.45, 2.75) is 43.8 Å². The molecule has 7 nitrogen and oxygen atoms in total. The van der Waals surface area contributed by atoms with E-state index in [0.717, 1.165) is 5.57 Å². The van der Waals surface area contributed by atoms with Crippen LogP contribution in [-0.4, -0.2) is 57.7 Å². The summed E-state index contributed by atoms with van der Waals surface area (Å²) < 4.78 is 10.9. The topological polar surface area (TPSA) is 84.9 Å². The summed E-state index contributed by atoms with van der Waals surface area (Å²) in [6.45, 7) is 5.16. The summed E-state index contributed by atoms with van der Waals surface area (Å²) in [7, 11) is 0. The van der Waals surface area contributed by atoms with Crippen molar-refractivity contribution in [3.63, 3.8) is 0 Å². The van der Waals surface area contributed by atoms with E-state index in [1.54, 1.807) is 32.9 Å². The number of benzene rings is 1. The second-order valence-electron chi connectivity index (χ2n) is 7.68. The molecule has 1 N–H and O–H groups in total. The van der Waals surface area contributed by atoms with Gasteiger partial charge in [-0.15, -0.1) is 11.8 Å². The molecule has 3 rings (SSSR count). The van der Waals surface area contributed by atoms with Crippen molar-refractivity contribution < 1.29 is 23.9 Å². The molecule has 0 saturated carbocycles. The summed E-state index contributed by atoms with van der Waals surface area (Å²) in [5, 5.41) is 4.65. The molecule has 2 amide bonds. The van der Waals surface area contributed by atoms with E-state index in [2.05, 4.69) is 21.2 Å². The molecule has 29 heavy (non-hydrogen) atoms. The average Bonchev–Trinajstić information content (AvgIpc) is 2.68. The molecule has 1 fully saturated rings. The van der Waals surface area contributed by atoms with Crippen molar-refractivity contribution in [1.82, 2.24) is 10.2 Å². The first-order valence-electron chi connectivity index (χ1n) is 9.14. The molecular weight excluding hydrogens is 460 g/mol. The SMILES string of the molecule is CC(C)(C)OC(=O)C1C(CBr)=CS[C@@H]2C(NC(=O)COc3ccccc3)C(=O)N12. The quantitative estimate of drug-likeness (QED) is 0.380. The molecule has 2 aliphatic heterocycles. The number of rotatable bonds is 6. The maximum atomic E-state index is 12.8. The summed E-state index contributed by atoms with van der Waals surface area (Å²) in [4.78, 5) is 39.2. The molecule has 0 radical (unpaired) electrons. The number of halogens is 1. The molecular formula is C20H23BrN2O5S. The molecule has 3 atom stereocenters. The number of ether oxygens (including phenoxy) is 2. The number of para-hydroxylation sites is 1. The number of amides is 2. The number of carbonyl (C=O) groups excluding carboxylic acids is 3. The largest absolute Gasteiger partial charge is 0.484 e. The third-order valence-corrected chi connectivity index (χ3v) is 6.15. The van der Waals surface area contributed by atoms with E-state index in [0.29, 0.717) is 11.1 Å². The van der Waals surface area contributed by atoms with Crippen LogP contribution < -0.4 is 10.1 Å². The standard InChI is InChI=1S/C20H23BrN2O5S/c1-20(2,3)28-19(26)16-12(9-21)11-29-18-15(17(25)23(16)18)22-14(24)10-27-13-7-5-4-6-8-13/h4-8,11,15-16,18H,9-10H2,1-3H3,(H,22,24)/t15?,16?,18-/m1/s1. The van der Waals surface area contributed by atoms with Gasteiger partial charge in [0.1, 0.15) is 22.8 Å². The number of esters is 1. The Hall–Kier alpha value is -2.00. The maximum Gasteiger partial charge on any atom is 0.333 e. The molecule has 0 aromatic heterocycles. The van der Waals surface area contributed by atoms with Crippen molar-refractivity contribution in [2.75, 3.05) is 11.9 Å². The molecule has 0 bridgehead atoms. The van der Waals surface area contributed by atoms with Crippen LogP contribution in [0.25, 0.3) is 0 Å². The van der Waals surface area contributed by atoms with Crippen molar-refractivity contribution in [1.29, 1.82) is 0 Å². The minimum atomic E-state index is -0.791. The summed E-state index contributed by atoms with van der Waals surface area (Å²) in [6.07, 6.45) is 0. The van der Waals surface area contributed by atoms with Gasteiger partial charge in [0.05, 0.1) is 0 Å². The van der Waals surface area contributed by atoms with Crippen LogP contribution in [0.5, 0.6) is 5.75 Å². The second-order valence-corrected chi connectivity index (χ2v) is 9.23. The van der Waals surface area contributed by atoms with Gasteiger partial charge in [-0.25, -0.2) is 4.79 Å². The normalized spacial score (nSPS) is 23.4. The number of alkyl halides is 1. The number of hydrogen-bond donors (Lipinski definition) is 1. The van der Waals surface area contributed by atoms with Crippen LogP contribution >= 0.6 is 27.7 Å². The predicted molar refractivity (Wildman–Crippen MR) is 114 cm³/mol. The van der Waals surface area contributed by atoms with Gasteiger partial charge in [-0.3, -0.25) is 9.59 Å². The third kappa shape index (κ3) is 4.95. The van der Waals surface area contributed by atoms with Gasteiger partial charge in [0.25, 0.3) is 5.91 Å². The fourth-order valence-corrected chi connectivity index (χ4v) is 4.95. The lowest BCUT2D eigenvalue weighted by atomic mass is 9.98. The minimum absolute atomic E-state index is 0.191. The number of thioether (sulfide) groups is 1. The highest BCUT2D eigenvalue weighted by molar-refractivity contribution is 9.09. The van der Waals surface area contributed by atoms with Gasteiger partial charge in [-0.2, -0.15) is 0 Å². The highest BCUT2D eigenvalue weighted by Crippen LogP contribution is 2.41. The molecule has 2 unspecified atom stereocenters. The Kier molecular flexibility index (Phi) is 6.58. The zero-order chi connectivity index (χ0) is 21.2. The minimum Gasteiger partial charge on any atom is -0.484 e. The lowest BCUT2D eigenvalue weighted by molar-refractivity contribution is -0.170. The summed E-state index contributed by atoms with van der Waals surface area (Å²) >= 11 is 4.78. The summed E-state index contributed by atoms with van der Waals surface area (Å²) in [5.41, 5.74) is 0.0938. The van der Waals surface area contributed by atoms with E-state index in [4.69, 9.17) is 9.47 Å². The highest BCUT2D eigenvalue weighted by Gasteiger charge is 2.56. The fraction of sp³-hybridized carbons (Fsp3) is 0.450. The number of nitrogens with zero attached hydrogens (tertiary/aromatic N) is 1. The first-order valence-corrected chi connectivity index (χ1v) is 11.2. The Labute approximate surface area is 182 Å². The Morgan fingerprint density at radius 2 is 1.93 bits per heavy atom. The smallest absolute Gasteiger partial charge is 0.333 e. The molecule has 9 heteroatoms. The Balaban J connectivity index is 1.64. The van der Waals surface area contributed by atoms with Gasteiger partial charge >= 0.3 is 5.97 Å². The zero-order valence-electron chi connectivity index (χ0n) is 16.4. The van der Waals surface area contributed by atoms with Crippen molar-refractivity contribution in [2.24, 2.45) is 0 Å². The molecule has 0 spiro atoms. The molecule has 2 aliphatic rings. The van der Waals surface area contributed by atoms with E-state index >= 15 is 0 Å². The van der Waals surface area contributed by atoms with Crippen molar-refractivity contribution in [3.05, 3.63) is 41.3 Å². The van der Waals surface area contributed by atoms with Crippen LogP contribution in [0.4, 0.5) is 0 Å². The number of carbonyl (C=O) groups is 3. The fourth-order valence-electron chi connectivity index (χ4n) is 3.05. The average molecular weight is 483 g/mol. The molecule has 0 aliphatic carbocycles. The zero-order valence-corrected chi connectivity index (χ0v) is 18.8. The van der Waals surface area contributed by atoms with Crippen molar-refractivity contribution in [3.8, 4) is 5.75 Å². The van der Waals surface area contributed by atoms with Crippen molar-refractivity contribution >= 4 is 45.5 Å². The Bertz CT molecular complexity index is 824. The van der Waals surface area contributed by atoms with E-state index in [1.807, 2.05) is 23.6 Å². The van der Waals surface area contributed by atoms with Crippen LogP contribution in [0.1, 0.15) is 20.8 Å². The van der Waals surface area contributed by atoms with E-state index in [-0.39, 0.29) is 17.9 Å². The van der Waals surface area contributed by atoms with Gasteiger partial charge in [-0.1, -0.05) is 34.1 Å². The van der Waals surface area contributed by atoms with E-state index in [9.17, 15) is 14.4 Å². The molecule has 1 saturated heterocycles. The second kappa shape index (κ2) is 8.79. The number of hydrogen-bond acceptors (Lipinski definition) is 6. The van der Waals surface area contributed by atoms with Gasteiger partial charge in [0, 0.05) is 5.33 Å². The van der Waals surface area contributed by atoms with E-state index in [1.165, 1.54) is 16.7 Å². The lowest BCUT2D eigenvalue weighted by Crippen LogP contribution is -2.74. The van der Waals surface area contributed by atoms with Gasteiger partial charge < -0.3 is 19.7 Å². The van der Waals surface area contributed by atoms with Crippen LogP contribution in [-0.2, 0) is 19.1 Å². The highest BCUT2D eigenvalue weighted by atomic mass is 79.9. The van der Waals surface area contributed by atoms with Crippen LogP contribution in [0.15, 0.2) is 41.3 Å². The molecule has 1 aromatic carbocycles. The van der Waals surface area contributed by atoms with Crippen LogP contribution in [0, 0.1) is 0 Å². The summed E-state index contributed by atoms with van der Waals surface area (Å²) in [5.74, 6) is -0.598. The van der Waals surface area contributed by atoms with Crippen LogP contribution in [0.2, 0.25) is 0 Å². The Morgan fingerprint density at radius 1 is 1.24 bits per heavy atom. The molecule has 156 valence electrons. The lowest BCUT2D eigenvalue weighted by Gasteiger charge is -2.51. The monoisotopic (exact) mass is 482 g/mol. The Morgan fingerprint density at radius 3 is 2.55 bits per heavy atom. The first kappa shape index (κ1) is 21.7. The summed E-state index contributed by atoms with van der Waals surface area (Å²) in [6, 6.07) is 7.47. The van der Waals surface area contributed by atoms with Gasteiger partial charge in [0.15, 0.2) is 12.6 Å². The molecule has 2 heterocycles. The third-order valence-electron chi connectivity index (χ3n) is 4.28. The number of β-lactam (4-membered cyclic amide) rings is 1. The number of fused-ring (bicyclic) bond motifs is 1. The first-order chi connectivity index (χ1) is 13.7. The van der Waals surface area contributed by atoms with Crippen LogP contribution in [0.3, 0.4) is 0 Å². The van der Waals surface area contributed by atoms with E-state index < -0.39 is 29.6 Å². The predicted octanol–water partition coefficient (Wildman–Crippen LogP) is 2.45. The number of nitrogens with one attached hydrogen (secondary N) is 1. The molecule has 1 aromatic rings. The van der Waals surface area contributed by atoms with Gasteiger partial charge in [-0.05, 0) is 43.9 Å². The van der Waals surface area contributed by atoms with Gasteiger partial charge in [0.2, 0.25) is 5.91 Å².